The quantitative estimate of drug-likeness (QED) is 0.740. The third-order valence-corrected chi connectivity index (χ3v) is 7.11. The number of Topliss-reactive ketones (excluding diaryl/α,β-unsaturated/α-hetero) is 1. The van der Waals surface area contributed by atoms with Crippen molar-refractivity contribution in [3.05, 3.63) is 33.7 Å². The molecule has 3 rings (SSSR count). The van der Waals surface area contributed by atoms with Gasteiger partial charge in [-0.25, -0.2) is 13.4 Å². The molecule has 0 spiro atoms. The third kappa shape index (κ3) is 3.25. The number of rotatable bonds is 5. The first-order chi connectivity index (χ1) is 11.8. The fourth-order valence-electron chi connectivity index (χ4n) is 2.78. The Kier molecular flexibility index (Phi) is 4.77. The maximum atomic E-state index is 12.7. The van der Waals surface area contributed by atoms with Gasteiger partial charge in [0.1, 0.15) is 15.7 Å². The number of hydrogen-bond donors (Lipinski definition) is 0. The molecule has 1 aliphatic rings. The number of aromatic nitrogens is 1. The van der Waals surface area contributed by atoms with Gasteiger partial charge in [0.2, 0.25) is 15.8 Å². The zero-order valence-electron chi connectivity index (χ0n) is 13.9. The fraction of sp³-hybridized carbons (Fsp3) is 0.438. The molecule has 0 amide bonds. The number of thiazole rings is 1. The number of nitriles is 1. The van der Waals surface area contributed by atoms with E-state index in [2.05, 4.69) is 4.98 Å². The first-order valence-electron chi connectivity index (χ1n) is 7.81. The summed E-state index contributed by atoms with van der Waals surface area (Å²) in [6.45, 7) is 4.22. The maximum Gasteiger partial charge on any atom is 0.246 e. The highest BCUT2D eigenvalue weighted by Gasteiger charge is 2.34. The molecule has 1 fully saturated rings. The molecule has 2 aromatic rings. The lowest BCUT2D eigenvalue weighted by Gasteiger charge is -2.14. The molecular formula is C16H17N3O4S2. The Labute approximate surface area is 149 Å². The van der Waals surface area contributed by atoms with Crippen molar-refractivity contribution in [2.24, 2.45) is 0 Å². The van der Waals surface area contributed by atoms with Crippen LogP contribution in [0.25, 0.3) is 0 Å². The van der Waals surface area contributed by atoms with Gasteiger partial charge in [0.05, 0.1) is 6.07 Å². The topological polar surface area (TPSA) is 104 Å². The van der Waals surface area contributed by atoms with Gasteiger partial charge in [-0.05, 0) is 26.7 Å². The molecule has 3 heterocycles. The van der Waals surface area contributed by atoms with Gasteiger partial charge in [-0.2, -0.15) is 9.57 Å². The van der Waals surface area contributed by atoms with Crippen LogP contribution < -0.4 is 0 Å². The molecule has 0 N–H and O–H groups in total. The lowest BCUT2D eigenvalue weighted by Crippen LogP contribution is -2.28. The van der Waals surface area contributed by atoms with Gasteiger partial charge in [-0.15, -0.1) is 11.3 Å². The van der Waals surface area contributed by atoms with Crippen LogP contribution in [0.5, 0.6) is 0 Å². The average molecular weight is 379 g/mol. The minimum Gasteiger partial charge on any atom is -0.457 e. The first-order valence-corrected chi connectivity index (χ1v) is 10.1. The van der Waals surface area contributed by atoms with Gasteiger partial charge in [0.25, 0.3) is 0 Å². The normalized spacial score (nSPS) is 16.7. The van der Waals surface area contributed by atoms with Crippen LogP contribution in [0.4, 0.5) is 0 Å². The number of hydrogen-bond acceptors (Lipinski definition) is 7. The third-order valence-electron chi connectivity index (χ3n) is 4.07. The molecular weight excluding hydrogens is 362 g/mol. The van der Waals surface area contributed by atoms with Gasteiger partial charge in [0, 0.05) is 30.2 Å². The van der Waals surface area contributed by atoms with Gasteiger partial charge < -0.3 is 4.42 Å². The second-order valence-corrected chi connectivity index (χ2v) is 8.69. The molecule has 132 valence electrons. The summed E-state index contributed by atoms with van der Waals surface area (Å²) in [5.74, 6) is -1.66. The van der Waals surface area contributed by atoms with Crippen molar-refractivity contribution in [2.45, 2.75) is 37.5 Å². The number of aryl methyl sites for hydroxylation is 2. The summed E-state index contributed by atoms with van der Waals surface area (Å²) >= 11 is 1.22. The Morgan fingerprint density at radius 1 is 1.40 bits per heavy atom. The molecule has 1 atom stereocenters. The van der Waals surface area contributed by atoms with E-state index in [1.165, 1.54) is 28.6 Å². The summed E-state index contributed by atoms with van der Waals surface area (Å²) in [4.78, 5) is 16.8. The number of sulfonamides is 1. The Hall–Kier alpha value is -2.02. The van der Waals surface area contributed by atoms with Crippen LogP contribution in [-0.2, 0) is 10.0 Å². The number of carbonyl (C=O) groups is 1. The Balaban J connectivity index is 1.94. The van der Waals surface area contributed by atoms with Crippen LogP contribution in [0, 0.1) is 25.2 Å². The van der Waals surface area contributed by atoms with Crippen LogP contribution in [0.2, 0.25) is 0 Å². The molecule has 9 heteroatoms. The van der Waals surface area contributed by atoms with Crippen LogP contribution in [-0.4, -0.2) is 36.6 Å². The number of nitrogens with zero attached hydrogens (tertiary/aromatic N) is 3. The molecule has 0 aliphatic carbocycles. The van der Waals surface area contributed by atoms with E-state index in [4.69, 9.17) is 4.42 Å². The highest BCUT2D eigenvalue weighted by atomic mass is 32.2. The van der Waals surface area contributed by atoms with E-state index >= 15 is 0 Å². The second-order valence-electron chi connectivity index (χ2n) is 5.90. The molecule has 25 heavy (non-hydrogen) atoms. The molecule has 1 unspecified atom stereocenters. The summed E-state index contributed by atoms with van der Waals surface area (Å²) in [5.41, 5.74) is 0.723. The van der Waals surface area contributed by atoms with E-state index < -0.39 is 21.7 Å². The Bertz CT molecular complexity index is 946. The highest BCUT2D eigenvalue weighted by Crippen LogP contribution is 2.30. The standard InChI is InChI=1S/C16H17N3O4S2/c1-10-9-24-16(18-10)12(8-17)15(20)13-7-14(11(2)23-13)25(21,22)19-5-3-4-6-19/h7,9,12H,3-6H2,1-2H3. The molecule has 0 saturated carbocycles. The van der Waals surface area contributed by atoms with E-state index in [1.807, 2.05) is 6.07 Å². The fourth-order valence-corrected chi connectivity index (χ4v) is 5.30. The van der Waals surface area contributed by atoms with E-state index in [0.717, 1.165) is 18.5 Å². The maximum absolute atomic E-state index is 12.7. The van der Waals surface area contributed by atoms with Crippen molar-refractivity contribution >= 4 is 27.1 Å². The summed E-state index contributed by atoms with van der Waals surface area (Å²) in [6.07, 6.45) is 1.64. The minimum atomic E-state index is -3.68. The molecule has 0 radical (unpaired) electrons. The SMILES string of the molecule is Cc1csc(C(C#N)C(=O)c2cc(S(=O)(=O)N3CCCC3)c(C)o2)n1. The van der Waals surface area contributed by atoms with Crippen LogP contribution in [0.3, 0.4) is 0 Å². The van der Waals surface area contributed by atoms with Gasteiger partial charge >= 0.3 is 0 Å². The number of carbonyl (C=O) groups excluding carboxylic acids is 1. The van der Waals surface area contributed by atoms with Crippen molar-refractivity contribution in [2.75, 3.05) is 13.1 Å². The van der Waals surface area contributed by atoms with Crippen LogP contribution in [0.15, 0.2) is 20.8 Å². The second kappa shape index (κ2) is 6.71. The van der Waals surface area contributed by atoms with Gasteiger partial charge in [0.15, 0.2) is 11.7 Å². The van der Waals surface area contributed by atoms with E-state index in [0.29, 0.717) is 18.1 Å². The predicted molar refractivity (Wildman–Crippen MR) is 91.0 cm³/mol. The van der Waals surface area contributed by atoms with Crippen molar-refractivity contribution in [1.82, 2.24) is 9.29 Å². The van der Waals surface area contributed by atoms with Gasteiger partial charge in [-0.1, -0.05) is 0 Å². The van der Waals surface area contributed by atoms with Crippen molar-refractivity contribution in [3.63, 3.8) is 0 Å². The largest absolute Gasteiger partial charge is 0.457 e. The number of furan rings is 1. The summed E-state index contributed by atoms with van der Waals surface area (Å²) < 4.78 is 32.2. The summed E-state index contributed by atoms with van der Waals surface area (Å²) in [6, 6.07) is 3.16. The zero-order chi connectivity index (χ0) is 18.2. The number of ketones is 1. The summed E-state index contributed by atoms with van der Waals surface area (Å²) in [5, 5.41) is 11.5. The van der Waals surface area contributed by atoms with Crippen LogP contribution >= 0.6 is 11.3 Å². The minimum absolute atomic E-state index is 0.00948. The van der Waals surface area contributed by atoms with Gasteiger partial charge in [-0.3, -0.25) is 4.79 Å². The average Bonchev–Trinajstić information content (AvgIpc) is 3.28. The monoisotopic (exact) mass is 379 g/mol. The van der Waals surface area contributed by atoms with Crippen molar-refractivity contribution < 1.29 is 17.6 Å². The predicted octanol–water partition coefficient (Wildman–Crippen LogP) is 2.63. The molecule has 1 aliphatic heterocycles. The molecule has 0 aromatic carbocycles. The first kappa shape index (κ1) is 17.8. The van der Waals surface area contributed by atoms with Crippen LogP contribution in [0.1, 0.15) is 45.8 Å². The smallest absolute Gasteiger partial charge is 0.246 e. The lowest BCUT2D eigenvalue weighted by atomic mass is 10.1. The highest BCUT2D eigenvalue weighted by molar-refractivity contribution is 7.89. The lowest BCUT2D eigenvalue weighted by molar-refractivity contribution is 0.0950. The zero-order valence-corrected chi connectivity index (χ0v) is 15.5. The molecule has 0 bridgehead atoms. The van der Waals surface area contributed by atoms with E-state index in [-0.39, 0.29) is 16.4 Å². The Morgan fingerprint density at radius 2 is 2.08 bits per heavy atom. The van der Waals surface area contributed by atoms with E-state index in [1.54, 1.807) is 12.3 Å². The Morgan fingerprint density at radius 3 is 2.64 bits per heavy atom. The van der Waals surface area contributed by atoms with Crippen molar-refractivity contribution in [1.29, 1.82) is 5.26 Å². The van der Waals surface area contributed by atoms with Crippen molar-refractivity contribution in [3.8, 4) is 6.07 Å². The summed E-state index contributed by atoms with van der Waals surface area (Å²) in [7, 11) is -3.68. The molecule has 1 saturated heterocycles. The molecule has 2 aromatic heterocycles. The molecule has 7 nitrogen and oxygen atoms in total. The van der Waals surface area contributed by atoms with E-state index in [9.17, 15) is 18.5 Å².